The molecule has 2 nitrogen and oxygen atoms in total. The van der Waals surface area contributed by atoms with Crippen LogP contribution in [0.3, 0.4) is 0 Å². The van der Waals surface area contributed by atoms with Gasteiger partial charge in [-0.25, -0.2) is 0 Å². The maximum Gasteiger partial charge on any atom is 0.401 e. The first kappa shape index (κ1) is 17.1. The van der Waals surface area contributed by atoms with Crippen LogP contribution in [-0.4, -0.2) is 43.3 Å². The predicted molar refractivity (Wildman–Crippen MR) is 79.3 cm³/mol. The SMILES string of the molecule is CC1CCC(CCNC2CCN(CC(F)(F)F)CC2)CC1. The first-order valence-electron chi connectivity index (χ1n) is 8.45. The van der Waals surface area contributed by atoms with Crippen LogP contribution in [0.5, 0.6) is 0 Å². The second kappa shape index (κ2) is 7.82. The van der Waals surface area contributed by atoms with Gasteiger partial charge in [0.2, 0.25) is 0 Å². The highest BCUT2D eigenvalue weighted by atomic mass is 19.4. The van der Waals surface area contributed by atoms with Gasteiger partial charge in [0, 0.05) is 6.04 Å². The Morgan fingerprint density at radius 3 is 2.19 bits per heavy atom. The molecule has 2 rings (SSSR count). The van der Waals surface area contributed by atoms with Crippen molar-refractivity contribution in [3.05, 3.63) is 0 Å². The van der Waals surface area contributed by atoms with E-state index in [2.05, 4.69) is 12.2 Å². The molecule has 2 fully saturated rings. The molecule has 0 aromatic carbocycles. The van der Waals surface area contributed by atoms with E-state index in [4.69, 9.17) is 0 Å². The summed E-state index contributed by atoms with van der Waals surface area (Å²) in [5.74, 6) is 1.76. The Kier molecular flexibility index (Phi) is 6.35. The van der Waals surface area contributed by atoms with Gasteiger partial charge in [0.1, 0.15) is 0 Å². The largest absolute Gasteiger partial charge is 0.401 e. The second-order valence-electron chi connectivity index (χ2n) is 7.03. The van der Waals surface area contributed by atoms with E-state index in [1.807, 2.05) is 0 Å². The summed E-state index contributed by atoms with van der Waals surface area (Å²) < 4.78 is 36.9. The van der Waals surface area contributed by atoms with Crippen molar-refractivity contribution in [3.8, 4) is 0 Å². The van der Waals surface area contributed by atoms with Gasteiger partial charge in [0.15, 0.2) is 0 Å². The summed E-state index contributed by atoms with van der Waals surface area (Å²) >= 11 is 0. The summed E-state index contributed by atoms with van der Waals surface area (Å²) in [5, 5.41) is 3.56. The van der Waals surface area contributed by atoms with Gasteiger partial charge in [0.05, 0.1) is 6.54 Å². The van der Waals surface area contributed by atoms with Crippen molar-refractivity contribution in [2.75, 3.05) is 26.2 Å². The highest BCUT2D eigenvalue weighted by Gasteiger charge is 2.32. The number of hydrogen-bond acceptors (Lipinski definition) is 2. The van der Waals surface area contributed by atoms with E-state index in [-0.39, 0.29) is 0 Å². The third-order valence-corrected chi connectivity index (χ3v) is 5.11. The fourth-order valence-corrected chi connectivity index (χ4v) is 3.66. The normalized spacial score (nSPS) is 29.7. The minimum Gasteiger partial charge on any atom is -0.314 e. The van der Waals surface area contributed by atoms with Crippen molar-refractivity contribution in [1.29, 1.82) is 0 Å². The van der Waals surface area contributed by atoms with Crippen LogP contribution in [0.25, 0.3) is 0 Å². The molecule has 0 bridgehead atoms. The third kappa shape index (κ3) is 6.55. The molecule has 21 heavy (non-hydrogen) atoms. The Hall–Kier alpha value is -0.290. The average Bonchev–Trinajstić information content (AvgIpc) is 2.41. The first-order valence-corrected chi connectivity index (χ1v) is 8.45. The molecule has 1 aliphatic carbocycles. The van der Waals surface area contributed by atoms with Gasteiger partial charge < -0.3 is 5.32 Å². The van der Waals surface area contributed by atoms with Crippen LogP contribution in [0.15, 0.2) is 0 Å². The summed E-state index contributed by atoms with van der Waals surface area (Å²) in [6, 6.07) is 0.414. The fraction of sp³-hybridized carbons (Fsp3) is 1.00. The number of nitrogens with one attached hydrogen (secondary N) is 1. The Balaban J connectivity index is 1.55. The lowest BCUT2D eigenvalue weighted by molar-refractivity contribution is -0.148. The summed E-state index contributed by atoms with van der Waals surface area (Å²) in [4.78, 5) is 1.53. The number of rotatable bonds is 5. The van der Waals surface area contributed by atoms with Crippen molar-refractivity contribution in [2.24, 2.45) is 11.8 Å². The summed E-state index contributed by atoms with van der Waals surface area (Å²) in [7, 11) is 0. The van der Waals surface area contributed by atoms with Crippen LogP contribution in [0.2, 0.25) is 0 Å². The van der Waals surface area contributed by atoms with Crippen LogP contribution in [0, 0.1) is 11.8 Å². The summed E-state index contributed by atoms with van der Waals surface area (Å²) in [6.45, 7) is 3.75. The van der Waals surface area contributed by atoms with Gasteiger partial charge in [-0.05, 0) is 50.7 Å². The average molecular weight is 306 g/mol. The van der Waals surface area contributed by atoms with Gasteiger partial charge in [-0.15, -0.1) is 0 Å². The van der Waals surface area contributed by atoms with E-state index in [1.54, 1.807) is 0 Å². The lowest BCUT2D eigenvalue weighted by Gasteiger charge is -2.33. The monoisotopic (exact) mass is 306 g/mol. The Labute approximate surface area is 126 Å². The molecule has 1 saturated heterocycles. The predicted octanol–water partition coefficient (Wildman–Crippen LogP) is 3.82. The van der Waals surface area contributed by atoms with Crippen molar-refractivity contribution in [1.82, 2.24) is 10.2 Å². The van der Waals surface area contributed by atoms with Gasteiger partial charge in [0.25, 0.3) is 0 Å². The van der Waals surface area contributed by atoms with Gasteiger partial charge in [-0.3, -0.25) is 4.90 Å². The molecule has 0 unspecified atom stereocenters. The molecule has 0 atom stereocenters. The molecule has 0 aromatic heterocycles. The van der Waals surface area contributed by atoms with Crippen molar-refractivity contribution in [2.45, 2.75) is 64.1 Å². The van der Waals surface area contributed by atoms with E-state index < -0.39 is 12.7 Å². The van der Waals surface area contributed by atoms with Crippen LogP contribution >= 0.6 is 0 Å². The van der Waals surface area contributed by atoms with E-state index in [1.165, 1.54) is 37.0 Å². The molecule has 1 aliphatic heterocycles. The number of hydrogen-bond donors (Lipinski definition) is 1. The number of halogens is 3. The molecule has 1 N–H and O–H groups in total. The highest BCUT2D eigenvalue weighted by molar-refractivity contribution is 4.79. The van der Waals surface area contributed by atoms with E-state index >= 15 is 0 Å². The van der Waals surface area contributed by atoms with E-state index in [0.29, 0.717) is 19.1 Å². The molecular formula is C16H29F3N2. The lowest BCUT2D eigenvalue weighted by Crippen LogP contribution is -2.45. The van der Waals surface area contributed by atoms with Crippen LogP contribution in [0.1, 0.15) is 51.9 Å². The molecule has 0 spiro atoms. The van der Waals surface area contributed by atoms with Crippen LogP contribution < -0.4 is 5.32 Å². The highest BCUT2D eigenvalue weighted by Crippen LogP contribution is 2.30. The molecule has 124 valence electrons. The molecule has 0 amide bonds. The first-order chi connectivity index (χ1) is 9.92. The standard InChI is InChI=1S/C16H29F3N2/c1-13-2-4-14(5-3-13)6-9-20-15-7-10-21(11-8-15)12-16(17,18)19/h13-15,20H,2-12H2,1H3. The molecular weight excluding hydrogens is 277 g/mol. The van der Waals surface area contributed by atoms with Crippen LogP contribution in [-0.2, 0) is 0 Å². The third-order valence-electron chi connectivity index (χ3n) is 5.11. The zero-order valence-electron chi connectivity index (χ0n) is 13.1. The second-order valence-corrected chi connectivity index (χ2v) is 7.03. The summed E-state index contributed by atoms with van der Waals surface area (Å²) in [6.07, 6.45) is 4.30. The Morgan fingerprint density at radius 1 is 1.00 bits per heavy atom. The smallest absolute Gasteiger partial charge is 0.314 e. The number of piperidine rings is 1. The van der Waals surface area contributed by atoms with Gasteiger partial charge >= 0.3 is 6.18 Å². The number of likely N-dealkylation sites (tertiary alicyclic amines) is 1. The Morgan fingerprint density at radius 2 is 1.62 bits per heavy atom. The molecule has 1 heterocycles. The fourth-order valence-electron chi connectivity index (χ4n) is 3.66. The number of alkyl halides is 3. The zero-order chi connectivity index (χ0) is 15.3. The molecule has 0 aromatic rings. The quantitative estimate of drug-likeness (QED) is 0.830. The van der Waals surface area contributed by atoms with E-state index in [9.17, 15) is 13.2 Å². The topological polar surface area (TPSA) is 15.3 Å². The van der Waals surface area contributed by atoms with Gasteiger partial charge in [-0.2, -0.15) is 13.2 Å². The van der Waals surface area contributed by atoms with Crippen LogP contribution in [0.4, 0.5) is 13.2 Å². The minimum absolute atomic E-state index is 0.414. The maximum absolute atomic E-state index is 12.3. The van der Waals surface area contributed by atoms with E-state index in [0.717, 1.165) is 31.2 Å². The lowest BCUT2D eigenvalue weighted by atomic mass is 9.81. The molecule has 5 heteroatoms. The number of nitrogens with zero attached hydrogens (tertiary/aromatic N) is 1. The van der Waals surface area contributed by atoms with Crippen molar-refractivity contribution < 1.29 is 13.2 Å². The Bertz CT molecular complexity index is 290. The molecule has 2 aliphatic rings. The maximum atomic E-state index is 12.3. The molecule has 1 saturated carbocycles. The molecule has 0 radical (unpaired) electrons. The van der Waals surface area contributed by atoms with Gasteiger partial charge in [-0.1, -0.05) is 32.6 Å². The summed E-state index contributed by atoms with van der Waals surface area (Å²) in [5.41, 5.74) is 0. The zero-order valence-corrected chi connectivity index (χ0v) is 13.1. The van der Waals surface area contributed by atoms with Crippen molar-refractivity contribution >= 4 is 0 Å². The van der Waals surface area contributed by atoms with Crippen molar-refractivity contribution in [3.63, 3.8) is 0 Å². The minimum atomic E-state index is -4.06.